The van der Waals surface area contributed by atoms with Gasteiger partial charge in [-0.05, 0) is 56.5 Å². The third-order valence-electron chi connectivity index (χ3n) is 5.06. The normalized spacial score (nSPS) is 14.7. The first-order valence-electron chi connectivity index (χ1n) is 9.29. The minimum Gasteiger partial charge on any atom is -0.495 e. The fourth-order valence-electron chi connectivity index (χ4n) is 3.38. The molecule has 2 amide bonds. The third-order valence-corrected chi connectivity index (χ3v) is 5.06. The van der Waals surface area contributed by atoms with Crippen LogP contribution in [-0.4, -0.2) is 36.9 Å². The van der Waals surface area contributed by atoms with Crippen molar-refractivity contribution in [3.8, 4) is 5.75 Å². The first-order valence-corrected chi connectivity index (χ1v) is 9.29. The van der Waals surface area contributed by atoms with Crippen LogP contribution in [-0.2, 0) is 4.79 Å². The number of rotatable bonds is 4. The molecule has 0 saturated carbocycles. The lowest BCUT2D eigenvalue weighted by Gasteiger charge is -2.31. The average molecular weight is 366 g/mol. The first kappa shape index (κ1) is 19.0. The number of benzene rings is 2. The van der Waals surface area contributed by atoms with Crippen molar-refractivity contribution in [1.29, 1.82) is 0 Å². The van der Waals surface area contributed by atoms with Crippen LogP contribution in [0.1, 0.15) is 34.3 Å². The fourth-order valence-corrected chi connectivity index (χ4v) is 3.38. The van der Waals surface area contributed by atoms with Crippen LogP contribution >= 0.6 is 0 Å². The molecule has 0 atom stereocenters. The van der Waals surface area contributed by atoms with Crippen molar-refractivity contribution >= 4 is 17.5 Å². The number of carbonyl (C=O) groups excluding carboxylic acids is 2. The number of hydrogen-bond acceptors (Lipinski definition) is 3. The van der Waals surface area contributed by atoms with Crippen LogP contribution in [0.15, 0.2) is 42.5 Å². The second-order valence-corrected chi connectivity index (χ2v) is 7.13. The first-order chi connectivity index (χ1) is 13.0. The van der Waals surface area contributed by atoms with Gasteiger partial charge in [0.15, 0.2) is 0 Å². The molecule has 3 rings (SSSR count). The molecule has 0 aromatic heterocycles. The number of nitrogens with one attached hydrogen (secondary N) is 1. The van der Waals surface area contributed by atoms with Crippen LogP contribution in [0.2, 0.25) is 0 Å². The number of amides is 2. The number of anilines is 1. The third kappa shape index (κ3) is 4.48. The number of carbonyl (C=O) groups is 2. The van der Waals surface area contributed by atoms with Crippen molar-refractivity contribution in [3.05, 3.63) is 59.2 Å². The molecular weight excluding hydrogens is 340 g/mol. The van der Waals surface area contributed by atoms with Crippen LogP contribution in [0.25, 0.3) is 0 Å². The Morgan fingerprint density at radius 3 is 2.26 bits per heavy atom. The highest BCUT2D eigenvalue weighted by Gasteiger charge is 2.28. The maximum Gasteiger partial charge on any atom is 0.253 e. The minimum atomic E-state index is -0.0997. The van der Waals surface area contributed by atoms with Crippen molar-refractivity contribution in [2.75, 3.05) is 25.5 Å². The molecule has 1 saturated heterocycles. The summed E-state index contributed by atoms with van der Waals surface area (Å²) in [6, 6.07) is 13.3. The standard InChI is InChI=1S/C22H26N2O3/c1-15-4-7-18(8-5-15)22(26)24-12-10-17(11-13-24)21(25)23-19-14-16(2)6-9-20(19)27-3/h4-9,14,17H,10-13H2,1-3H3,(H,23,25). The molecule has 0 unspecified atom stereocenters. The second-order valence-electron chi connectivity index (χ2n) is 7.13. The molecule has 0 radical (unpaired) electrons. The van der Waals surface area contributed by atoms with E-state index in [0.717, 1.165) is 11.1 Å². The van der Waals surface area contributed by atoms with Gasteiger partial charge in [0.2, 0.25) is 5.91 Å². The van der Waals surface area contributed by atoms with Gasteiger partial charge in [0.25, 0.3) is 5.91 Å². The maximum atomic E-state index is 12.7. The van der Waals surface area contributed by atoms with Crippen molar-refractivity contribution in [1.82, 2.24) is 4.90 Å². The highest BCUT2D eigenvalue weighted by molar-refractivity contribution is 5.96. The SMILES string of the molecule is COc1ccc(C)cc1NC(=O)C1CCN(C(=O)c2ccc(C)cc2)CC1. The van der Waals surface area contributed by atoms with Gasteiger partial charge in [0.1, 0.15) is 5.75 Å². The van der Waals surface area contributed by atoms with E-state index in [1.54, 1.807) is 7.11 Å². The molecule has 1 aliphatic heterocycles. The highest BCUT2D eigenvalue weighted by Crippen LogP contribution is 2.27. The molecular formula is C22H26N2O3. The molecule has 142 valence electrons. The number of ether oxygens (including phenoxy) is 1. The highest BCUT2D eigenvalue weighted by atomic mass is 16.5. The molecule has 0 spiro atoms. The van der Waals surface area contributed by atoms with E-state index in [0.29, 0.717) is 42.9 Å². The van der Waals surface area contributed by atoms with E-state index >= 15 is 0 Å². The van der Waals surface area contributed by atoms with Crippen molar-refractivity contribution in [3.63, 3.8) is 0 Å². The number of hydrogen-bond donors (Lipinski definition) is 1. The Labute approximate surface area is 160 Å². The average Bonchev–Trinajstić information content (AvgIpc) is 2.68. The summed E-state index contributed by atoms with van der Waals surface area (Å²) in [4.78, 5) is 27.1. The zero-order chi connectivity index (χ0) is 19.4. The number of nitrogens with zero attached hydrogens (tertiary/aromatic N) is 1. The second kappa shape index (κ2) is 8.25. The lowest BCUT2D eigenvalue weighted by Crippen LogP contribution is -2.41. The topological polar surface area (TPSA) is 58.6 Å². The Kier molecular flexibility index (Phi) is 5.79. The summed E-state index contributed by atoms with van der Waals surface area (Å²) < 4.78 is 5.33. The van der Waals surface area contributed by atoms with E-state index in [2.05, 4.69) is 5.32 Å². The van der Waals surface area contributed by atoms with E-state index in [-0.39, 0.29) is 17.7 Å². The fraction of sp³-hybridized carbons (Fsp3) is 0.364. The van der Waals surface area contributed by atoms with E-state index in [1.807, 2.05) is 61.2 Å². The summed E-state index contributed by atoms with van der Waals surface area (Å²) in [6.07, 6.45) is 1.33. The Morgan fingerprint density at radius 1 is 1.00 bits per heavy atom. The van der Waals surface area contributed by atoms with E-state index in [1.165, 1.54) is 0 Å². The number of piperidine rings is 1. The van der Waals surface area contributed by atoms with Crippen molar-refractivity contribution < 1.29 is 14.3 Å². The molecule has 0 aliphatic carbocycles. The van der Waals surface area contributed by atoms with Gasteiger partial charge in [-0.15, -0.1) is 0 Å². The van der Waals surface area contributed by atoms with E-state index < -0.39 is 0 Å². The molecule has 5 nitrogen and oxygen atoms in total. The van der Waals surface area contributed by atoms with Gasteiger partial charge >= 0.3 is 0 Å². The zero-order valence-corrected chi connectivity index (χ0v) is 16.1. The van der Waals surface area contributed by atoms with Gasteiger partial charge < -0.3 is 15.0 Å². The van der Waals surface area contributed by atoms with Gasteiger partial charge in [-0.2, -0.15) is 0 Å². The molecule has 27 heavy (non-hydrogen) atoms. The Morgan fingerprint density at radius 2 is 1.63 bits per heavy atom. The van der Waals surface area contributed by atoms with Crippen LogP contribution in [0.3, 0.4) is 0 Å². The van der Waals surface area contributed by atoms with Gasteiger partial charge in [0, 0.05) is 24.6 Å². The molecule has 2 aromatic rings. The predicted molar refractivity (Wildman–Crippen MR) is 106 cm³/mol. The Balaban J connectivity index is 1.59. The molecule has 2 aromatic carbocycles. The molecule has 5 heteroatoms. The summed E-state index contributed by atoms with van der Waals surface area (Å²) in [5.74, 6) is 0.578. The summed E-state index contributed by atoms with van der Waals surface area (Å²) >= 11 is 0. The zero-order valence-electron chi connectivity index (χ0n) is 16.1. The van der Waals surface area contributed by atoms with Crippen LogP contribution in [0, 0.1) is 19.8 Å². The van der Waals surface area contributed by atoms with Gasteiger partial charge in [-0.1, -0.05) is 23.8 Å². The van der Waals surface area contributed by atoms with Gasteiger partial charge in [-0.3, -0.25) is 9.59 Å². The van der Waals surface area contributed by atoms with Crippen molar-refractivity contribution in [2.24, 2.45) is 5.92 Å². The lowest BCUT2D eigenvalue weighted by molar-refractivity contribution is -0.121. The summed E-state index contributed by atoms with van der Waals surface area (Å²) in [6.45, 7) is 5.16. The monoisotopic (exact) mass is 366 g/mol. The van der Waals surface area contributed by atoms with Gasteiger partial charge in [-0.25, -0.2) is 0 Å². The maximum absolute atomic E-state index is 12.7. The van der Waals surface area contributed by atoms with E-state index in [9.17, 15) is 9.59 Å². The summed E-state index contributed by atoms with van der Waals surface area (Å²) in [5, 5.41) is 2.99. The number of aryl methyl sites for hydroxylation is 2. The molecule has 1 aliphatic rings. The summed E-state index contributed by atoms with van der Waals surface area (Å²) in [7, 11) is 1.59. The van der Waals surface area contributed by atoms with Gasteiger partial charge in [0.05, 0.1) is 12.8 Å². The number of methoxy groups -OCH3 is 1. The molecule has 0 bridgehead atoms. The predicted octanol–water partition coefficient (Wildman–Crippen LogP) is 3.80. The van der Waals surface area contributed by atoms with Crippen LogP contribution in [0.4, 0.5) is 5.69 Å². The van der Waals surface area contributed by atoms with E-state index in [4.69, 9.17) is 4.74 Å². The quantitative estimate of drug-likeness (QED) is 0.895. The molecule has 1 N–H and O–H groups in total. The Hall–Kier alpha value is -2.82. The largest absolute Gasteiger partial charge is 0.495 e. The number of likely N-dealkylation sites (tertiary alicyclic amines) is 1. The van der Waals surface area contributed by atoms with Crippen molar-refractivity contribution in [2.45, 2.75) is 26.7 Å². The molecule has 1 heterocycles. The lowest BCUT2D eigenvalue weighted by atomic mass is 9.95. The molecule has 1 fully saturated rings. The Bertz CT molecular complexity index is 822. The van der Waals surface area contributed by atoms with Crippen LogP contribution < -0.4 is 10.1 Å². The summed E-state index contributed by atoms with van der Waals surface area (Å²) in [5.41, 5.74) is 3.59. The van der Waals surface area contributed by atoms with Crippen LogP contribution in [0.5, 0.6) is 5.75 Å². The smallest absolute Gasteiger partial charge is 0.253 e. The minimum absolute atomic E-state index is 0.0127.